The zero-order valence-corrected chi connectivity index (χ0v) is 21.9. The number of ether oxygens (including phenoxy) is 3. The summed E-state index contributed by atoms with van der Waals surface area (Å²) >= 11 is 3.48. The second-order valence-electron chi connectivity index (χ2n) is 7.41. The molecule has 0 fully saturated rings. The van der Waals surface area contributed by atoms with Gasteiger partial charge in [0.25, 0.3) is 5.91 Å². The van der Waals surface area contributed by atoms with Crippen LogP contribution in [0.15, 0.2) is 52.1 Å². The Balaban J connectivity index is 1.49. The highest BCUT2D eigenvalue weighted by Crippen LogP contribution is 2.35. The number of thioether (sulfide) groups is 1. The van der Waals surface area contributed by atoms with Gasteiger partial charge in [-0.3, -0.25) is 10.2 Å². The van der Waals surface area contributed by atoms with Gasteiger partial charge in [0.15, 0.2) is 17.3 Å². The maximum atomic E-state index is 12.6. The van der Waals surface area contributed by atoms with Crippen molar-refractivity contribution in [2.24, 2.45) is 10.1 Å². The second kappa shape index (κ2) is 10.6. The molecule has 2 aliphatic rings. The average Bonchev–Trinajstić information content (AvgIpc) is 3.23. The maximum Gasteiger partial charge on any atom is 0.283 e. The summed E-state index contributed by atoms with van der Waals surface area (Å²) in [6.07, 6.45) is 2.35. The fourth-order valence-corrected chi connectivity index (χ4v) is 4.92. The first kappa shape index (κ1) is 24.3. The number of rotatable bonds is 8. The number of nitrogens with one attached hydrogen (secondary N) is 1. The lowest BCUT2D eigenvalue weighted by molar-refractivity contribution is -0.114. The second-order valence-corrected chi connectivity index (χ2v) is 9.62. The van der Waals surface area contributed by atoms with Gasteiger partial charge in [-0.2, -0.15) is 15.1 Å². The lowest BCUT2D eigenvalue weighted by atomic mass is 10.1. The van der Waals surface area contributed by atoms with E-state index in [1.165, 1.54) is 16.8 Å². The highest BCUT2D eigenvalue weighted by molar-refractivity contribution is 14.1. The van der Waals surface area contributed by atoms with E-state index < -0.39 is 5.91 Å². The number of carbonyl (C=O) groups excluding carboxylic acids is 1. The highest BCUT2D eigenvalue weighted by Gasteiger charge is 2.35. The molecule has 0 aliphatic carbocycles. The first-order chi connectivity index (χ1) is 16.4. The van der Waals surface area contributed by atoms with Gasteiger partial charge in [0.2, 0.25) is 5.17 Å². The molecule has 176 valence electrons. The minimum atomic E-state index is -0.459. The number of carbonyl (C=O) groups is 1. The van der Waals surface area contributed by atoms with Gasteiger partial charge in [0.05, 0.1) is 16.3 Å². The molecule has 2 heterocycles. The van der Waals surface area contributed by atoms with Crippen LogP contribution >= 0.6 is 34.4 Å². The Kier molecular flexibility index (Phi) is 7.57. The topological polar surface area (TPSA) is 96.6 Å². The van der Waals surface area contributed by atoms with E-state index in [-0.39, 0.29) is 11.4 Å². The van der Waals surface area contributed by atoms with Gasteiger partial charge in [0, 0.05) is 0 Å². The van der Waals surface area contributed by atoms with Crippen LogP contribution in [0.25, 0.3) is 6.08 Å². The minimum Gasteiger partial charge on any atom is -0.493 e. The molecule has 0 saturated carbocycles. The van der Waals surface area contributed by atoms with Gasteiger partial charge in [-0.1, -0.05) is 19.1 Å². The molecule has 2 aromatic rings. The summed E-state index contributed by atoms with van der Waals surface area (Å²) in [5.74, 6) is 1.46. The first-order valence-corrected chi connectivity index (χ1v) is 12.5. The zero-order chi connectivity index (χ0) is 24.2. The molecule has 2 aliphatic heterocycles. The van der Waals surface area contributed by atoms with Crippen molar-refractivity contribution in [3.63, 3.8) is 0 Å². The lowest BCUT2D eigenvalue weighted by Gasteiger charge is -2.20. The van der Waals surface area contributed by atoms with Crippen molar-refractivity contribution >= 4 is 62.4 Å². The third-order valence-electron chi connectivity index (χ3n) is 4.95. The Labute approximate surface area is 215 Å². The van der Waals surface area contributed by atoms with E-state index in [1.807, 2.05) is 44.2 Å². The van der Waals surface area contributed by atoms with Crippen LogP contribution in [0.2, 0.25) is 0 Å². The molecule has 0 radical (unpaired) electrons. The van der Waals surface area contributed by atoms with Crippen LogP contribution in [0.1, 0.15) is 24.5 Å². The van der Waals surface area contributed by atoms with Gasteiger partial charge < -0.3 is 14.2 Å². The number of halogens is 1. The number of benzene rings is 2. The predicted octanol–water partition coefficient (Wildman–Crippen LogP) is 5.10. The van der Waals surface area contributed by atoms with Crippen molar-refractivity contribution in [2.75, 3.05) is 20.3 Å². The summed E-state index contributed by atoms with van der Waals surface area (Å²) in [5.41, 5.74) is 2.00. The summed E-state index contributed by atoms with van der Waals surface area (Å²) < 4.78 is 18.0. The van der Waals surface area contributed by atoms with E-state index in [2.05, 4.69) is 32.7 Å². The van der Waals surface area contributed by atoms with Gasteiger partial charge in [-0.25, -0.2) is 0 Å². The third-order valence-corrected chi connectivity index (χ3v) is 6.80. The van der Waals surface area contributed by atoms with Crippen molar-refractivity contribution in [2.45, 2.75) is 20.3 Å². The molecule has 10 heteroatoms. The first-order valence-electron chi connectivity index (χ1n) is 10.6. The van der Waals surface area contributed by atoms with Crippen molar-refractivity contribution in [3.8, 4) is 17.2 Å². The molecule has 4 rings (SSSR count). The summed E-state index contributed by atoms with van der Waals surface area (Å²) in [5, 5.41) is 15.5. The Bertz CT molecular complexity index is 1240. The van der Waals surface area contributed by atoms with Gasteiger partial charge >= 0.3 is 0 Å². The summed E-state index contributed by atoms with van der Waals surface area (Å²) in [6, 6.07) is 11.5. The lowest BCUT2D eigenvalue weighted by Crippen LogP contribution is -2.35. The van der Waals surface area contributed by atoms with Crippen molar-refractivity contribution in [3.05, 3.63) is 56.7 Å². The monoisotopic (exact) mass is 590 g/mol. The average molecular weight is 590 g/mol. The highest BCUT2D eigenvalue weighted by atomic mass is 127. The number of nitrogens with zero attached hydrogens (tertiary/aromatic N) is 3. The largest absolute Gasteiger partial charge is 0.493 e. The molecule has 0 saturated heterocycles. The van der Waals surface area contributed by atoms with E-state index in [0.717, 1.165) is 19.9 Å². The number of aliphatic imine (C=N–C) groups is 1. The number of amides is 1. The van der Waals surface area contributed by atoms with Gasteiger partial charge in [-0.15, -0.1) is 0 Å². The minimum absolute atomic E-state index is 0.00792. The maximum absolute atomic E-state index is 12.6. The number of hydrogen-bond acceptors (Lipinski definition) is 7. The van der Waals surface area contributed by atoms with Crippen LogP contribution in [-0.2, 0) is 4.79 Å². The van der Waals surface area contributed by atoms with Crippen LogP contribution in [0.5, 0.6) is 17.2 Å². The fraction of sp³-hybridized carbons (Fsp3) is 0.250. The zero-order valence-electron chi connectivity index (χ0n) is 18.9. The van der Waals surface area contributed by atoms with E-state index in [4.69, 9.17) is 19.6 Å². The standard InChI is InChI=1S/C24H23IN4O4S/c1-4-20-28-29-22(26)17(23(30)27-24(29)34-20)11-15-12-18(25)21(19(13-15)31-3)33-9-8-32-16-7-5-6-14(2)10-16/h5-7,10-13,26H,4,8-9H2,1-3H3/b17-11-,26-22?. The molecule has 1 amide bonds. The van der Waals surface area contributed by atoms with E-state index in [9.17, 15) is 4.79 Å². The van der Waals surface area contributed by atoms with Crippen molar-refractivity contribution in [1.82, 2.24) is 5.01 Å². The third kappa shape index (κ3) is 5.27. The van der Waals surface area contributed by atoms with Crippen LogP contribution in [0, 0.1) is 15.9 Å². The number of aryl methyl sites for hydroxylation is 1. The van der Waals surface area contributed by atoms with Gasteiger partial charge in [-0.05, 0) is 89.2 Å². The number of hydrazone groups is 1. The Morgan fingerprint density at radius 3 is 2.74 bits per heavy atom. The summed E-state index contributed by atoms with van der Waals surface area (Å²) in [7, 11) is 1.56. The fourth-order valence-electron chi connectivity index (χ4n) is 3.31. The predicted molar refractivity (Wildman–Crippen MR) is 143 cm³/mol. The Hall–Kier alpha value is -2.86. The van der Waals surface area contributed by atoms with E-state index in [1.54, 1.807) is 19.3 Å². The molecule has 0 atom stereocenters. The SMILES string of the molecule is CCC1=NN2C(=N)/C(=C/c3cc(I)c(OCCOc4cccc(C)c4)c(OC)c3)C(=O)N=C2S1. The smallest absolute Gasteiger partial charge is 0.283 e. The quantitative estimate of drug-likeness (QED) is 0.261. The summed E-state index contributed by atoms with van der Waals surface area (Å²) in [4.78, 5) is 16.7. The van der Waals surface area contributed by atoms with Crippen LogP contribution in [0.3, 0.4) is 0 Å². The molecule has 0 bridgehead atoms. The number of hydrogen-bond donors (Lipinski definition) is 1. The van der Waals surface area contributed by atoms with Crippen molar-refractivity contribution < 1.29 is 19.0 Å². The van der Waals surface area contributed by atoms with Gasteiger partial charge in [0.1, 0.15) is 24.0 Å². The van der Waals surface area contributed by atoms with E-state index in [0.29, 0.717) is 41.9 Å². The number of amidine groups is 2. The molecule has 0 unspecified atom stereocenters. The molecular weight excluding hydrogens is 567 g/mol. The molecule has 8 nitrogen and oxygen atoms in total. The molecule has 34 heavy (non-hydrogen) atoms. The molecule has 1 N–H and O–H groups in total. The van der Waals surface area contributed by atoms with Crippen molar-refractivity contribution in [1.29, 1.82) is 5.41 Å². The van der Waals surface area contributed by atoms with Crippen LogP contribution < -0.4 is 14.2 Å². The van der Waals surface area contributed by atoms with E-state index >= 15 is 0 Å². The number of methoxy groups -OCH3 is 1. The molecule has 0 aromatic heterocycles. The molecular formula is C24H23IN4O4S. The molecule has 2 aromatic carbocycles. The summed E-state index contributed by atoms with van der Waals surface area (Å²) in [6.45, 7) is 4.71. The normalized spacial score (nSPS) is 16.4. The number of fused-ring (bicyclic) bond motifs is 1. The van der Waals surface area contributed by atoms with Crippen LogP contribution in [-0.4, -0.2) is 47.3 Å². The Morgan fingerprint density at radius 1 is 1.21 bits per heavy atom. The Morgan fingerprint density at radius 2 is 2.00 bits per heavy atom. The van der Waals surface area contributed by atoms with Crippen LogP contribution in [0.4, 0.5) is 0 Å². The molecule has 0 spiro atoms.